The molecule has 0 fully saturated rings. The third-order valence-electron chi connectivity index (χ3n) is 1.76. The number of rotatable bonds is 1. The lowest BCUT2D eigenvalue weighted by atomic mass is 9.83. The maximum Gasteiger partial charge on any atom is 0.335 e. The normalized spacial score (nSPS) is 12.3. The van der Waals surface area contributed by atoms with Gasteiger partial charge in [-0.15, -0.1) is 0 Å². The fourth-order valence-electron chi connectivity index (χ4n) is 1.14. The van der Waals surface area contributed by atoms with Gasteiger partial charge in [0.25, 0.3) is 0 Å². The highest BCUT2D eigenvalue weighted by Crippen LogP contribution is 2.04. The van der Waals surface area contributed by atoms with Crippen LogP contribution in [0, 0.1) is 0 Å². The van der Waals surface area contributed by atoms with Crippen LogP contribution in [0.1, 0.15) is 15.9 Å². The summed E-state index contributed by atoms with van der Waals surface area (Å²) in [6, 6.07) is 4.95. The Hall–Kier alpha value is -1.58. The van der Waals surface area contributed by atoms with E-state index in [-0.39, 0.29) is 0 Å². The summed E-state index contributed by atoms with van der Waals surface area (Å²) < 4.78 is 0. The lowest BCUT2D eigenvalue weighted by Gasteiger charge is -1.97. The van der Waals surface area contributed by atoms with Crippen molar-refractivity contribution in [1.29, 1.82) is 0 Å². The molecule has 12 heavy (non-hydrogen) atoms. The Kier molecular flexibility index (Phi) is 1.47. The number of carbonyl (C=O) groups is 1. The number of fused-ring (bicyclic) bond motifs is 1. The van der Waals surface area contributed by atoms with Gasteiger partial charge >= 0.3 is 13.4 Å². The number of nitrogens with zero attached hydrogens (tertiary/aromatic N) is 1. The second-order valence-electron chi connectivity index (χ2n) is 2.56. The van der Waals surface area contributed by atoms with Crippen molar-refractivity contribution in [2.75, 3.05) is 0 Å². The van der Waals surface area contributed by atoms with Crippen molar-refractivity contribution in [2.24, 2.45) is 4.90 Å². The van der Waals surface area contributed by atoms with Gasteiger partial charge in [0, 0.05) is 6.21 Å². The highest BCUT2D eigenvalue weighted by atomic mass is 16.4. The van der Waals surface area contributed by atoms with E-state index in [2.05, 4.69) is 4.90 Å². The zero-order valence-electron chi connectivity index (χ0n) is 6.19. The fourth-order valence-corrected chi connectivity index (χ4v) is 1.14. The summed E-state index contributed by atoms with van der Waals surface area (Å²) in [4.78, 5) is 14.5. The van der Waals surface area contributed by atoms with E-state index in [0.29, 0.717) is 5.56 Å². The van der Waals surface area contributed by atoms with E-state index >= 15 is 0 Å². The van der Waals surface area contributed by atoms with Gasteiger partial charge in [-0.1, -0.05) is 6.07 Å². The zero-order chi connectivity index (χ0) is 8.55. The quantitative estimate of drug-likeness (QED) is 0.587. The van der Waals surface area contributed by atoms with Crippen LogP contribution in [0.3, 0.4) is 0 Å². The van der Waals surface area contributed by atoms with Gasteiger partial charge in [0.2, 0.25) is 0 Å². The van der Waals surface area contributed by atoms with Crippen LogP contribution in [-0.4, -0.2) is 24.7 Å². The average molecular weight is 158 g/mol. The first-order chi connectivity index (χ1) is 5.77. The molecule has 1 radical (unpaired) electrons. The number of hydrogen-bond acceptors (Lipinski definition) is 2. The Labute approximate surface area is 70.0 Å². The monoisotopic (exact) mass is 158 g/mol. The Balaban J connectivity index is 2.51. The van der Waals surface area contributed by atoms with Crippen LogP contribution in [0.5, 0.6) is 0 Å². The predicted octanol–water partition coefficient (Wildman–Crippen LogP) is 0.0618. The summed E-state index contributed by atoms with van der Waals surface area (Å²) in [5.41, 5.74) is 2.14. The van der Waals surface area contributed by atoms with E-state index in [1.807, 2.05) is 0 Å². The summed E-state index contributed by atoms with van der Waals surface area (Å²) in [6.45, 7) is 0. The second-order valence-corrected chi connectivity index (χ2v) is 2.56. The molecule has 0 aliphatic carbocycles. The Morgan fingerprint density at radius 2 is 2.33 bits per heavy atom. The zero-order valence-corrected chi connectivity index (χ0v) is 6.19. The number of benzene rings is 1. The van der Waals surface area contributed by atoms with Crippen molar-refractivity contribution in [1.82, 2.24) is 0 Å². The number of hydrogen-bond donors (Lipinski definition) is 1. The lowest BCUT2D eigenvalue weighted by molar-refractivity contribution is 0.0697. The molecule has 0 aromatic heterocycles. The van der Waals surface area contributed by atoms with Crippen molar-refractivity contribution in [3.63, 3.8) is 0 Å². The minimum atomic E-state index is -0.905. The number of aromatic carboxylic acids is 1. The molecular formula is C8H5BNO2. The molecule has 0 amide bonds. The Morgan fingerprint density at radius 3 is 3.08 bits per heavy atom. The van der Waals surface area contributed by atoms with Crippen molar-refractivity contribution >= 4 is 25.1 Å². The SMILES string of the molecule is O=C(O)c1ccc2c(c1)C=N[B]2. The molecule has 0 saturated heterocycles. The van der Waals surface area contributed by atoms with Crippen LogP contribution in [0.15, 0.2) is 23.1 Å². The molecule has 1 aliphatic heterocycles. The largest absolute Gasteiger partial charge is 0.478 e. The van der Waals surface area contributed by atoms with Crippen molar-refractivity contribution in [2.45, 2.75) is 0 Å². The van der Waals surface area contributed by atoms with Crippen LogP contribution in [-0.2, 0) is 0 Å². The molecule has 0 bridgehead atoms. The molecule has 1 aromatic carbocycles. The average Bonchev–Trinajstić information content (AvgIpc) is 2.49. The van der Waals surface area contributed by atoms with E-state index in [1.165, 1.54) is 0 Å². The minimum Gasteiger partial charge on any atom is -0.478 e. The van der Waals surface area contributed by atoms with Crippen LogP contribution < -0.4 is 5.46 Å². The molecule has 2 rings (SSSR count). The highest BCUT2D eigenvalue weighted by molar-refractivity contribution is 6.57. The standard InChI is InChI=1S/C8H5BNO2/c11-8(12)5-1-2-7-6(3-5)4-10-9-7/h1-4H,(H,11,12). The van der Waals surface area contributed by atoms with Gasteiger partial charge in [-0.25, -0.2) is 4.79 Å². The molecule has 1 heterocycles. The second kappa shape index (κ2) is 2.48. The molecule has 0 atom stereocenters. The lowest BCUT2D eigenvalue weighted by Crippen LogP contribution is -2.12. The molecule has 0 saturated carbocycles. The molecule has 1 aromatic rings. The van der Waals surface area contributed by atoms with Gasteiger partial charge in [-0.05, 0) is 23.2 Å². The Morgan fingerprint density at radius 1 is 1.50 bits per heavy atom. The predicted molar refractivity (Wildman–Crippen MR) is 46.4 cm³/mol. The Bertz CT molecular complexity index is 373. The summed E-state index contributed by atoms with van der Waals surface area (Å²) in [5, 5.41) is 8.66. The van der Waals surface area contributed by atoms with Gasteiger partial charge in [0.1, 0.15) is 0 Å². The van der Waals surface area contributed by atoms with Gasteiger partial charge in [0.15, 0.2) is 0 Å². The molecule has 4 heteroatoms. The topological polar surface area (TPSA) is 49.7 Å². The molecule has 1 aliphatic rings. The maximum absolute atomic E-state index is 10.5. The van der Waals surface area contributed by atoms with Crippen molar-refractivity contribution in [3.8, 4) is 0 Å². The third kappa shape index (κ3) is 1.01. The van der Waals surface area contributed by atoms with Crippen LogP contribution in [0.4, 0.5) is 0 Å². The smallest absolute Gasteiger partial charge is 0.335 e. The fraction of sp³-hybridized carbons (Fsp3) is 0. The summed E-state index contributed by atoms with van der Waals surface area (Å²) in [6.07, 6.45) is 1.65. The number of carboxylic acid groups (broad SMARTS) is 1. The molecule has 57 valence electrons. The van der Waals surface area contributed by atoms with E-state index in [0.717, 1.165) is 11.0 Å². The maximum atomic E-state index is 10.5. The van der Waals surface area contributed by atoms with Gasteiger partial charge in [-0.2, -0.15) is 0 Å². The minimum absolute atomic E-state index is 0.301. The summed E-state index contributed by atoms with van der Waals surface area (Å²) in [5.74, 6) is -0.905. The van der Waals surface area contributed by atoms with E-state index in [1.54, 1.807) is 31.8 Å². The van der Waals surface area contributed by atoms with E-state index in [4.69, 9.17) is 5.11 Å². The summed E-state index contributed by atoms with van der Waals surface area (Å²) in [7, 11) is 1.71. The number of carboxylic acids is 1. The molecular weight excluding hydrogens is 153 g/mol. The van der Waals surface area contributed by atoms with E-state index in [9.17, 15) is 4.79 Å². The van der Waals surface area contributed by atoms with Gasteiger partial charge in [0.05, 0.1) is 5.56 Å². The molecule has 3 nitrogen and oxygen atoms in total. The van der Waals surface area contributed by atoms with Crippen LogP contribution in [0.25, 0.3) is 0 Å². The molecule has 1 N–H and O–H groups in total. The highest BCUT2D eigenvalue weighted by Gasteiger charge is 2.10. The molecule has 0 unspecified atom stereocenters. The van der Waals surface area contributed by atoms with E-state index < -0.39 is 5.97 Å². The van der Waals surface area contributed by atoms with Crippen molar-refractivity contribution < 1.29 is 9.90 Å². The first-order valence-electron chi connectivity index (χ1n) is 3.51. The van der Waals surface area contributed by atoms with Gasteiger partial charge in [-0.3, -0.25) is 0 Å². The van der Waals surface area contributed by atoms with Crippen LogP contribution in [0.2, 0.25) is 0 Å². The molecule has 0 spiro atoms. The first-order valence-corrected chi connectivity index (χ1v) is 3.51. The van der Waals surface area contributed by atoms with Crippen molar-refractivity contribution in [3.05, 3.63) is 29.3 Å². The first kappa shape index (κ1) is 7.09. The summed E-state index contributed by atoms with van der Waals surface area (Å²) >= 11 is 0. The third-order valence-corrected chi connectivity index (χ3v) is 1.76. The van der Waals surface area contributed by atoms with Gasteiger partial charge < -0.3 is 10.0 Å². The van der Waals surface area contributed by atoms with Crippen LogP contribution >= 0.6 is 0 Å².